The molecule has 0 radical (unpaired) electrons. The maximum absolute atomic E-state index is 5.40. The molecule has 2 rings (SSSR count). The van der Waals surface area contributed by atoms with Crippen molar-refractivity contribution < 1.29 is 4.42 Å². The Balaban J connectivity index is 1.91. The van der Waals surface area contributed by atoms with Crippen molar-refractivity contribution in [2.45, 2.75) is 39.2 Å². The van der Waals surface area contributed by atoms with Gasteiger partial charge in [0.1, 0.15) is 5.76 Å². The second kappa shape index (κ2) is 7.15. The molecule has 0 aliphatic carbocycles. The zero-order valence-corrected chi connectivity index (χ0v) is 11.9. The zero-order valence-electron chi connectivity index (χ0n) is 11.9. The average molecular weight is 257 g/mol. The Morgan fingerprint density at radius 1 is 1.21 bits per heavy atom. The molecule has 19 heavy (non-hydrogen) atoms. The maximum Gasteiger partial charge on any atom is 0.103 e. The number of aryl methyl sites for hydroxylation is 2. The van der Waals surface area contributed by atoms with Gasteiger partial charge in [-0.3, -0.25) is 0 Å². The third-order valence-corrected chi connectivity index (χ3v) is 3.38. The lowest BCUT2D eigenvalue weighted by atomic mass is 10.00. The van der Waals surface area contributed by atoms with Crippen LogP contribution in [0.2, 0.25) is 0 Å². The smallest absolute Gasteiger partial charge is 0.103 e. The molecule has 1 N–H and O–H groups in total. The standard InChI is InChI=1S/C17H23NO/c1-3-18-16(9-10-17-8-5-11-19-17)13-15-7-4-6-14(2)12-15/h4-8,11-12,16,18H,3,9-10,13H2,1-2H3. The topological polar surface area (TPSA) is 25.2 Å². The van der Waals surface area contributed by atoms with Crippen LogP contribution >= 0.6 is 0 Å². The van der Waals surface area contributed by atoms with Crippen molar-refractivity contribution in [3.63, 3.8) is 0 Å². The molecule has 0 aliphatic heterocycles. The summed E-state index contributed by atoms with van der Waals surface area (Å²) < 4.78 is 5.40. The molecule has 1 heterocycles. The van der Waals surface area contributed by atoms with Crippen molar-refractivity contribution in [1.82, 2.24) is 5.32 Å². The second-order valence-electron chi connectivity index (χ2n) is 5.07. The van der Waals surface area contributed by atoms with Gasteiger partial charge in [-0.25, -0.2) is 0 Å². The molecule has 0 spiro atoms. The first kappa shape index (κ1) is 13.9. The monoisotopic (exact) mass is 257 g/mol. The van der Waals surface area contributed by atoms with E-state index in [4.69, 9.17) is 4.42 Å². The van der Waals surface area contributed by atoms with Crippen LogP contribution in [0.25, 0.3) is 0 Å². The summed E-state index contributed by atoms with van der Waals surface area (Å²) in [7, 11) is 0. The number of furan rings is 1. The first-order chi connectivity index (χ1) is 9.28. The Labute approximate surface area is 115 Å². The summed E-state index contributed by atoms with van der Waals surface area (Å²) in [5.74, 6) is 1.08. The molecule has 2 nitrogen and oxygen atoms in total. The number of hydrogen-bond donors (Lipinski definition) is 1. The first-order valence-electron chi connectivity index (χ1n) is 7.09. The van der Waals surface area contributed by atoms with Gasteiger partial charge in [0.05, 0.1) is 6.26 Å². The fraction of sp³-hybridized carbons (Fsp3) is 0.412. The van der Waals surface area contributed by atoms with Crippen molar-refractivity contribution in [3.05, 3.63) is 59.5 Å². The van der Waals surface area contributed by atoms with Gasteiger partial charge in [-0.15, -0.1) is 0 Å². The molecule has 0 saturated heterocycles. The van der Waals surface area contributed by atoms with E-state index in [1.54, 1.807) is 6.26 Å². The number of hydrogen-bond acceptors (Lipinski definition) is 2. The average Bonchev–Trinajstić information content (AvgIpc) is 2.89. The summed E-state index contributed by atoms with van der Waals surface area (Å²) in [4.78, 5) is 0. The third kappa shape index (κ3) is 4.56. The number of nitrogens with one attached hydrogen (secondary N) is 1. The van der Waals surface area contributed by atoms with Crippen molar-refractivity contribution in [2.75, 3.05) is 6.54 Å². The van der Waals surface area contributed by atoms with Gasteiger partial charge in [0.2, 0.25) is 0 Å². The molecular formula is C17H23NO. The van der Waals surface area contributed by atoms with Gasteiger partial charge < -0.3 is 9.73 Å². The summed E-state index contributed by atoms with van der Waals surface area (Å²) in [6.07, 6.45) is 4.93. The van der Waals surface area contributed by atoms with E-state index in [0.717, 1.165) is 31.6 Å². The van der Waals surface area contributed by atoms with Crippen molar-refractivity contribution in [1.29, 1.82) is 0 Å². The molecule has 1 unspecified atom stereocenters. The Hall–Kier alpha value is -1.54. The van der Waals surface area contributed by atoms with E-state index < -0.39 is 0 Å². The minimum atomic E-state index is 0.511. The molecule has 2 aromatic rings. The van der Waals surface area contributed by atoms with Crippen LogP contribution in [0.1, 0.15) is 30.2 Å². The quantitative estimate of drug-likeness (QED) is 0.817. The number of rotatable bonds is 7. The highest BCUT2D eigenvalue weighted by atomic mass is 16.3. The highest BCUT2D eigenvalue weighted by molar-refractivity contribution is 5.23. The molecule has 1 aromatic heterocycles. The van der Waals surface area contributed by atoms with Gasteiger partial charge >= 0.3 is 0 Å². The lowest BCUT2D eigenvalue weighted by Gasteiger charge is -2.17. The van der Waals surface area contributed by atoms with Crippen LogP contribution in [0.5, 0.6) is 0 Å². The summed E-state index contributed by atoms with van der Waals surface area (Å²) in [6, 6.07) is 13.3. The van der Waals surface area contributed by atoms with Crippen molar-refractivity contribution >= 4 is 0 Å². The van der Waals surface area contributed by atoms with Gasteiger partial charge in [0.25, 0.3) is 0 Å². The summed E-state index contributed by atoms with van der Waals surface area (Å²) in [6.45, 7) is 5.32. The summed E-state index contributed by atoms with van der Waals surface area (Å²) >= 11 is 0. The van der Waals surface area contributed by atoms with E-state index in [-0.39, 0.29) is 0 Å². The van der Waals surface area contributed by atoms with Gasteiger partial charge in [-0.1, -0.05) is 36.8 Å². The highest BCUT2D eigenvalue weighted by Gasteiger charge is 2.09. The molecule has 0 saturated carbocycles. The van der Waals surface area contributed by atoms with Crippen LogP contribution in [-0.4, -0.2) is 12.6 Å². The lowest BCUT2D eigenvalue weighted by Crippen LogP contribution is -2.31. The minimum absolute atomic E-state index is 0.511. The molecule has 0 bridgehead atoms. The maximum atomic E-state index is 5.40. The van der Waals surface area contributed by atoms with E-state index in [1.165, 1.54) is 11.1 Å². The summed E-state index contributed by atoms with van der Waals surface area (Å²) in [5.41, 5.74) is 2.74. The molecule has 2 heteroatoms. The van der Waals surface area contributed by atoms with Gasteiger partial charge in [-0.2, -0.15) is 0 Å². The van der Waals surface area contributed by atoms with Crippen LogP contribution in [0, 0.1) is 6.92 Å². The Morgan fingerprint density at radius 3 is 2.79 bits per heavy atom. The molecule has 0 amide bonds. The molecular weight excluding hydrogens is 234 g/mol. The van der Waals surface area contributed by atoms with Crippen LogP contribution in [-0.2, 0) is 12.8 Å². The minimum Gasteiger partial charge on any atom is -0.469 e. The molecule has 1 atom stereocenters. The third-order valence-electron chi connectivity index (χ3n) is 3.38. The number of likely N-dealkylation sites (N-methyl/N-ethyl adjacent to an activating group) is 1. The van der Waals surface area contributed by atoms with Crippen molar-refractivity contribution in [3.8, 4) is 0 Å². The first-order valence-corrected chi connectivity index (χ1v) is 7.09. The predicted molar refractivity (Wildman–Crippen MR) is 79.4 cm³/mol. The normalized spacial score (nSPS) is 12.5. The zero-order chi connectivity index (χ0) is 13.5. The highest BCUT2D eigenvalue weighted by Crippen LogP contribution is 2.12. The van der Waals surface area contributed by atoms with Crippen molar-refractivity contribution in [2.24, 2.45) is 0 Å². The predicted octanol–water partition coefficient (Wildman–Crippen LogP) is 3.74. The number of benzene rings is 1. The molecule has 1 aromatic carbocycles. The SMILES string of the molecule is CCNC(CCc1ccco1)Cc1cccc(C)c1. The van der Waals surface area contributed by atoms with E-state index in [9.17, 15) is 0 Å². The largest absolute Gasteiger partial charge is 0.469 e. The lowest BCUT2D eigenvalue weighted by molar-refractivity contribution is 0.448. The molecule has 102 valence electrons. The van der Waals surface area contributed by atoms with E-state index in [1.807, 2.05) is 6.07 Å². The fourth-order valence-electron chi connectivity index (χ4n) is 2.46. The van der Waals surface area contributed by atoms with E-state index in [2.05, 4.69) is 49.5 Å². The Bertz CT molecular complexity index is 476. The van der Waals surface area contributed by atoms with Gasteiger partial charge in [0, 0.05) is 12.5 Å². The van der Waals surface area contributed by atoms with E-state index >= 15 is 0 Å². The molecule has 0 fully saturated rings. The Kier molecular flexibility index (Phi) is 5.22. The fourth-order valence-corrected chi connectivity index (χ4v) is 2.46. The van der Waals surface area contributed by atoms with Crippen LogP contribution in [0.3, 0.4) is 0 Å². The second-order valence-corrected chi connectivity index (χ2v) is 5.07. The molecule has 0 aliphatic rings. The van der Waals surface area contributed by atoms with Gasteiger partial charge in [0.15, 0.2) is 0 Å². The van der Waals surface area contributed by atoms with Crippen LogP contribution < -0.4 is 5.32 Å². The van der Waals surface area contributed by atoms with Crippen LogP contribution in [0.15, 0.2) is 47.1 Å². The van der Waals surface area contributed by atoms with Gasteiger partial charge in [-0.05, 0) is 44.0 Å². The van der Waals surface area contributed by atoms with Crippen LogP contribution in [0.4, 0.5) is 0 Å². The summed E-state index contributed by atoms with van der Waals surface area (Å²) in [5, 5.41) is 3.57. The Morgan fingerprint density at radius 2 is 2.11 bits per heavy atom. The van der Waals surface area contributed by atoms with E-state index in [0.29, 0.717) is 6.04 Å².